The Bertz CT molecular complexity index is 378. The van der Waals surface area contributed by atoms with Crippen LogP contribution in [-0.4, -0.2) is 38.8 Å². The third-order valence-corrected chi connectivity index (χ3v) is 4.19. The maximum atomic E-state index is 5.60. The summed E-state index contributed by atoms with van der Waals surface area (Å²) < 4.78 is 5.60. The molecule has 0 amide bonds. The lowest BCUT2D eigenvalue weighted by molar-refractivity contribution is 0.105. The number of guanidine groups is 1. The molecule has 1 aromatic heterocycles. The van der Waals surface area contributed by atoms with Gasteiger partial charge in [0, 0.05) is 31.6 Å². The Labute approximate surface area is 142 Å². The summed E-state index contributed by atoms with van der Waals surface area (Å²) in [6.07, 6.45) is 4.96. The highest BCUT2D eigenvalue weighted by Gasteiger charge is 2.14. The van der Waals surface area contributed by atoms with Crippen molar-refractivity contribution in [1.82, 2.24) is 10.6 Å². The first-order chi connectivity index (χ1) is 9.38. The zero-order valence-corrected chi connectivity index (χ0v) is 15.1. The van der Waals surface area contributed by atoms with Crippen LogP contribution in [0, 0.1) is 0 Å². The van der Waals surface area contributed by atoms with E-state index >= 15 is 0 Å². The summed E-state index contributed by atoms with van der Waals surface area (Å²) in [7, 11) is 1.81. The van der Waals surface area contributed by atoms with Gasteiger partial charge in [0.25, 0.3) is 0 Å². The van der Waals surface area contributed by atoms with Gasteiger partial charge in [-0.1, -0.05) is 6.07 Å². The van der Waals surface area contributed by atoms with Gasteiger partial charge in [-0.15, -0.1) is 35.3 Å². The normalized spacial score (nSPS) is 18.6. The standard InChI is InChI=1S/C14H23N3OS.HI/c1-15-14(16-8-6-12-4-2-10-18-12)17-9-7-13-5-3-11-19-13;/h3,5,11-12H,2,4,6-10H2,1H3,(H2,15,16,17);1H. The molecule has 114 valence electrons. The van der Waals surface area contributed by atoms with Crippen LogP contribution in [0.25, 0.3) is 0 Å². The molecule has 0 saturated carbocycles. The van der Waals surface area contributed by atoms with Crippen LogP contribution in [0.5, 0.6) is 0 Å². The predicted molar refractivity (Wildman–Crippen MR) is 96.4 cm³/mol. The first-order valence-corrected chi connectivity index (χ1v) is 7.85. The van der Waals surface area contributed by atoms with E-state index in [1.54, 1.807) is 11.3 Å². The molecule has 0 bridgehead atoms. The molecule has 2 heterocycles. The van der Waals surface area contributed by atoms with E-state index in [2.05, 4.69) is 33.1 Å². The molecule has 0 radical (unpaired) electrons. The van der Waals surface area contributed by atoms with E-state index in [0.717, 1.165) is 38.5 Å². The SMILES string of the molecule is CN=C(NCCc1cccs1)NCCC1CCCO1.I. The number of rotatable bonds is 6. The van der Waals surface area contributed by atoms with Crippen molar-refractivity contribution in [2.75, 3.05) is 26.7 Å². The second-order valence-electron chi connectivity index (χ2n) is 4.68. The van der Waals surface area contributed by atoms with Crippen LogP contribution in [-0.2, 0) is 11.2 Å². The molecule has 1 atom stereocenters. The molecule has 2 N–H and O–H groups in total. The number of hydrogen-bond donors (Lipinski definition) is 2. The Balaban J connectivity index is 0.00000200. The Morgan fingerprint density at radius 3 is 2.95 bits per heavy atom. The van der Waals surface area contributed by atoms with E-state index < -0.39 is 0 Å². The molecule has 1 aliphatic heterocycles. The molecule has 6 heteroatoms. The van der Waals surface area contributed by atoms with Crippen LogP contribution in [0.3, 0.4) is 0 Å². The fourth-order valence-corrected chi connectivity index (χ4v) is 2.91. The van der Waals surface area contributed by atoms with Crippen molar-refractivity contribution in [3.8, 4) is 0 Å². The molecule has 2 rings (SSSR count). The van der Waals surface area contributed by atoms with E-state index in [0.29, 0.717) is 6.10 Å². The van der Waals surface area contributed by atoms with Gasteiger partial charge in [0.2, 0.25) is 0 Å². The highest BCUT2D eigenvalue weighted by atomic mass is 127. The molecule has 0 aliphatic carbocycles. The summed E-state index contributed by atoms with van der Waals surface area (Å²) in [6.45, 7) is 2.77. The molecule has 1 aromatic rings. The lowest BCUT2D eigenvalue weighted by Gasteiger charge is -2.13. The van der Waals surface area contributed by atoms with Crippen molar-refractivity contribution in [2.24, 2.45) is 4.99 Å². The van der Waals surface area contributed by atoms with E-state index in [1.165, 1.54) is 17.7 Å². The smallest absolute Gasteiger partial charge is 0.190 e. The number of aliphatic imine (C=N–C) groups is 1. The summed E-state index contributed by atoms with van der Waals surface area (Å²) in [5.74, 6) is 0.884. The predicted octanol–water partition coefficient (Wildman–Crippen LogP) is 2.64. The quantitative estimate of drug-likeness (QED) is 0.432. The van der Waals surface area contributed by atoms with Crippen LogP contribution in [0.2, 0.25) is 0 Å². The molecule has 0 spiro atoms. The van der Waals surface area contributed by atoms with Gasteiger partial charge in [-0.2, -0.15) is 0 Å². The third-order valence-electron chi connectivity index (χ3n) is 3.25. The lowest BCUT2D eigenvalue weighted by atomic mass is 10.2. The van der Waals surface area contributed by atoms with Gasteiger partial charge >= 0.3 is 0 Å². The molecular weight excluding hydrogens is 385 g/mol. The Hall–Kier alpha value is -0.340. The average molecular weight is 409 g/mol. The van der Waals surface area contributed by atoms with Crippen LogP contribution in [0.1, 0.15) is 24.1 Å². The summed E-state index contributed by atoms with van der Waals surface area (Å²) in [5, 5.41) is 8.79. The summed E-state index contributed by atoms with van der Waals surface area (Å²) in [4.78, 5) is 5.63. The van der Waals surface area contributed by atoms with Crippen molar-refractivity contribution < 1.29 is 4.74 Å². The number of nitrogens with one attached hydrogen (secondary N) is 2. The summed E-state index contributed by atoms with van der Waals surface area (Å²) in [5.41, 5.74) is 0. The Morgan fingerprint density at radius 2 is 2.30 bits per heavy atom. The van der Waals surface area contributed by atoms with Gasteiger partial charge in [-0.05, 0) is 37.1 Å². The fraction of sp³-hybridized carbons (Fsp3) is 0.643. The largest absolute Gasteiger partial charge is 0.378 e. The van der Waals surface area contributed by atoms with Gasteiger partial charge in [0.15, 0.2) is 5.96 Å². The van der Waals surface area contributed by atoms with Crippen molar-refractivity contribution in [2.45, 2.75) is 31.8 Å². The van der Waals surface area contributed by atoms with E-state index in [1.807, 2.05) is 7.05 Å². The van der Waals surface area contributed by atoms with E-state index in [-0.39, 0.29) is 24.0 Å². The Kier molecular flexibility index (Phi) is 9.21. The maximum absolute atomic E-state index is 5.60. The van der Waals surface area contributed by atoms with Crippen molar-refractivity contribution in [1.29, 1.82) is 0 Å². The number of nitrogens with zero attached hydrogens (tertiary/aromatic N) is 1. The van der Waals surface area contributed by atoms with Crippen molar-refractivity contribution >= 4 is 41.3 Å². The number of halogens is 1. The molecule has 20 heavy (non-hydrogen) atoms. The molecule has 1 unspecified atom stereocenters. The molecular formula is C14H24IN3OS. The first kappa shape index (κ1) is 17.7. The monoisotopic (exact) mass is 409 g/mol. The number of hydrogen-bond acceptors (Lipinski definition) is 3. The second-order valence-corrected chi connectivity index (χ2v) is 5.71. The summed E-state index contributed by atoms with van der Waals surface area (Å²) >= 11 is 1.80. The molecule has 1 fully saturated rings. The zero-order chi connectivity index (χ0) is 13.3. The van der Waals surface area contributed by atoms with Gasteiger partial charge in [0.05, 0.1) is 6.10 Å². The molecule has 4 nitrogen and oxygen atoms in total. The zero-order valence-electron chi connectivity index (χ0n) is 11.9. The van der Waals surface area contributed by atoms with Gasteiger partial charge in [0.1, 0.15) is 0 Å². The molecule has 0 aromatic carbocycles. The minimum absolute atomic E-state index is 0. The van der Waals surface area contributed by atoms with Gasteiger partial charge < -0.3 is 15.4 Å². The fourth-order valence-electron chi connectivity index (χ4n) is 2.20. The van der Waals surface area contributed by atoms with Crippen LogP contribution in [0.15, 0.2) is 22.5 Å². The number of ether oxygens (including phenoxy) is 1. The third kappa shape index (κ3) is 6.41. The average Bonchev–Trinajstić information content (AvgIpc) is 3.10. The topological polar surface area (TPSA) is 45.7 Å². The minimum Gasteiger partial charge on any atom is -0.378 e. The van der Waals surface area contributed by atoms with Crippen LogP contribution >= 0.6 is 35.3 Å². The highest BCUT2D eigenvalue weighted by Crippen LogP contribution is 2.14. The van der Waals surface area contributed by atoms with E-state index in [4.69, 9.17) is 4.74 Å². The Morgan fingerprint density at radius 1 is 1.45 bits per heavy atom. The van der Waals surface area contributed by atoms with Crippen LogP contribution in [0.4, 0.5) is 0 Å². The van der Waals surface area contributed by atoms with Crippen LogP contribution < -0.4 is 10.6 Å². The second kappa shape index (κ2) is 10.4. The van der Waals surface area contributed by atoms with E-state index in [9.17, 15) is 0 Å². The highest BCUT2D eigenvalue weighted by molar-refractivity contribution is 14.0. The number of thiophene rings is 1. The lowest BCUT2D eigenvalue weighted by Crippen LogP contribution is -2.39. The maximum Gasteiger partial charge on any atom is 0.190 e. The van der Waals surface area contributed by atoms with Crippen molar-refractivity contribution in [3.05, 3.63) is 22.4 Å². The van der Waals surface area contributed by atoms with Crippen molar-refractivity contribution in [3.63, 3.8) is 0 Å². The van der Waals surface area contributed by atoms with Gasteiger partial charge in [-0.25, -0.2) is 0 Å². The minimum atomic E-state index is 0. The molecule has 1 saturated heterocycles. The summed E-state index contributed by atoms with van der Waals surface area (Å²) in [6, 6.07) is 4.26. The van der Waals surface area contributed by atoms with Gasteiger partial charge in [-0.3, -0.25) is 4.99 Å². The molecule has 1 aliphatic rings. The first-order valence-electron chi connectivity index (χ1n) is 6.97.